The number of hydrogen-bond donors (Lipinski definition) is 1. The molecule has 122 valence electrons. The Bertz CT molecular complexity index is 810. The van der Waals surface area contributed by atoms with E-state index in [1.807, 2.05) is 22.9 Å². The van der Waals surface area contributed by atoms with Crippen LogP contribution in [0.1, 0.15) is 18.1 Å². The zero-order valence-electron chi connectivity index (χ0n) is 12.7. The van der Waals surface area contributed by atoms with Gasteiger partial charge in [-0.05, 0) is 53.6 Å². The van der Waals surface area contributed by atoms with Crippen molar-refractivity contribution < 1.29 is 14.3 Å². The van der Waals surface area contributed by atoms with Crippen molar-refractivity contribution in [2.45, 2.75) is 13.0 Å². The summed E-state index contributed by atoms with van der Waals surface area (Å²) >= 11 is 7.42. The van der Waals surface area contributed by atoms with E-state index in [0.717, 1.165) is 5.56 Å². The van der Waals surface area contributed by atoms with Crippen molar-refractivity contribution >= 4 is 46.6 Å². The van der Waals surface area contributed by atoms with E-state index in [9.17, 15) is 9.59 Å². The molecule has 2 aromatic rings. The molecule has 0 spiro atoms. The number of nitrogens with zero attached hydrogens (tertiary/aromatic N) is 1. The molecule has 0 fully saturated rings. The molecule has 1 amide bonds. The molecule has 0 aliphatic carbocycles. The van der Waals surface area contributed by atoms with E-state index < -0.39 is 18.0 Å². The zero-order valence-corrected chi connectivity index (χ0v) is 14.2. The van der Waals surface area contributed by atoms with Crippen LogP contribution in [-0.4, -0.2) is 18.0 Å². The third kappa shape index (κ3) is 4.95. The summed E-state index contributed by atoms with van der Waals surface area (Å²) in [5.41, 5.74) is 1.62. The smallest absolute Gasteiger partial charge is 0.331 e. The predicted octanol–water partition coefficient (Wildman–Crippen LogP) is 3.86. The van der Waals surface area contributed by atoms with Gasteiger partial charge >= 0.3 is 5.97 Å². The van der Waals surface area contributed by atoms with E-state index in [1.165, 1.54) is 36.5 Å². The van der Waals surface area contributed by atoms with E-state index in [4.69, 9.17) is 21.6 Å². The first-order valence-corrected chi connectivity index (χ1v) is 8.23. The molecule has 0 aliphatic rings. The van der Waals surface area contributed by atoms with Crippen molar-refractivity contribution in [3.8, 4) is 6.07 Å². The maximum Gasteiger partial charge on any atom is 0.331 e. The number of carbonyl (C=O) groups is 2. The number of thiophene rings is 1. The summed E-state index contributed by atoms with van der Waals surface area (Å²) in [5, 5.41) is 15.4. The van der Waals surface area contributed by atoms with Gasteiger partial charge in [-0.25, -0.2) is 4.79 Å². The van der Waals surface area contributed by atoms with Gasteiger partial charge in [0, 0.05) is 11.8 Å². The van der Waals surface area contributed by atoms with Crippen LogP contribution >= 0.6 is 22.9 Å². The molecule has 0 saturated heterocycles. The van der Waals surface area contributed by atoms with Gasteiger partial charge in [0.1, 0.15) is 6.07 Å². The number of esters is 1. The van der Waals surface area contributed by atoms with Gasteiger partial charge in [0.15, 0.2) is 6.10 Å². The molecule has 1 aromatic heterocycles. The second kappa shape index (κ2) is 8.29. The average Bonchev–Trinajstić information content (AvgIpc) is 3.06. The van der Waals surface area contributed by atoms with Crippen molar-refractivity contribution in [1.82, 2.24) is 0 Å². The quantitative estimate of drug-likeness (QED) is 0.648. The standard InChI is InChI=1S/C17H13ClN2O3S/c1-11(23-16(21)5-2-12-6-7-24-10-12)17(22)20-14-4-3-13(9-19)15(18)8-14/h2-8,10-11H,1H3,(H,20,22)/b5-2+/t11-/m1/s1. The molecule has 1 N–H and O–H groups in total. The minimum atomic E-state index is -0.973. The summed E-state index contributed by atoms with van der Waals surface area (Å²) in [7, 11) is 0. The molecular formula is C17H13ClN2O3S. The minimum absolute atomic E-state index is 0.235. The summed E-state index contributed by atoms with van der Waals surface area (Å²) in [6.07, 6.45) is 1.91. The number of hydrogen-bond acceptors (Lipinski definition) is 5. The highest BCUT2D eigenvalue weighted by Crippen LogP contribution is 2.20. The molecule has 0 bridgehead atoms. The summed E-state index contributed by atoms with van der Waals surface area (Å²) in [6, 6.07) is 8.30. The zero-order chi connectivity index (χ0) is 17.5. The van der Waals surface area contributed by atoms with Crippen LogP contribution in [0.3, 0.4) is 0 Å². The lowest BCUT2D eigenvalue weighted by molar-refractivity contribution is -0.148. The van der Waals surface area contributed by atoms with Crippen LogP contribution in [0.15, 0.2) is 41.1 Å². The van der Waals surface area contributed by atoms with Crippen LogP contribution in [0.4, 0.5) is 5.69 Å². The number of nitrogens with one attached hydrogen (secondary N) is 1. The Morgan fingerprint density at radius 3 is 2.83 bits per heavy atom. The highest BCUT2D eigenvalue weighted by Gasteiger charge is 2.17. The third-order valence-corrected chi connectivity index (χ3v) is 3.99. The number of carbonyl (C=O) groups excluding carboxylic acids is 2. The van der Waals surface area contributed by atoms with Crippen molar-refractivity contribution in [2.24, 2.45) is 0 Å². The number of halogens is 1. The Kier molecular flexibility index (Phi) is 6.13. The second-order valence-corrected chi connectivity index (χ2v) is 5.95. The van der Waals surface area contributed by atoms with Crippen molar-refractivity contribution in [3.05, 3.63) is 57.3 Å². The first kappa shape index (κ1) is 17.7. The van der Waals surface area contributed by atoms with Crippen molar-refractivity contribution in [3.63, 3.8) is 0 Å². The number of benzene rings is 1. The Labute approximate surface area is 148 Å². The molecule has 1 atom stereocenters. The molecule has 1 heterocycles. The SMILES string of the molecule is C[C@@H](OC(=O)/C=C/c1ccsc1)C(=O)Nc1ccc(C#N)c(Cl)c1. The van der Waals surface area contributed by atoms with Gasteiger partial charge in [-0.1, -0.05) is 11.6 Å². The fraction of sp³-hybridized carbons (Fsp3) is 0.118. The molecule has 0 aliphatic heterocycles. The Hall–Kier alpha value is -2.62. The lowest BCUT2D eigenvalue weighted by atomic mass is 10.2. The molecule has 24 heavy (non-hydrogen) atoms. The molecule has 0 unspecified atom stereocenters. The molecule has 2 rings (SSSR count). The van der Waals surface area contributed by atoms with Gasteiger partial charge in [-0.3, -0.25) is 4.79 Å². The van der Waals surface area contributed by atoms with Crippen LogP contribution in [-0.2, 0) is 14.3 Å². The topological polar surface area (TPSA) is 79.2 Å². The van der Waals surface area contributed by atoms with Crippen LogP contribution in [0.5, 0.6) is 0 Å². The molecule has 5 nitrogen and oxygen atoms in total. The van der Waals surface area contributed by atoms with E-state index in [0.29, 0.717) is 11.3 Å². The number of nitriles is 1. The monoisotopic (exact) mass is 360 g/mol. The van der Waals surface area contributed by atoms with Gasteiger partial charge in [-0.2, -0.15) is 16.6 Å². The van der Waals surface area contributed by atoms with Gasteiger partial charge < -0.3 is 10.1 Å². The molecule has 1 aromatic carbocycles. The Morgan fingerprint density at radius 1 is 1.42 bits per heavy atom. The van der Waals surface area contributed by atoms with E-state index in [1.54, 1.807) is 12.1 Å². The summed E-state index contributed by atoms with van der Waals surface area (Å²) < 4.78 is 5.04. The third-order valence-electron chi connectivity index (χ3n) is 2.97. The highest BCUT2D eigenvalue weighted by molar-refractivity contribution is 7.08. The number of anilines is 1. The summed E-state index contributed by atoms with van der Waals surface area (Å²) in [4.78, 5) is 23.7. The van der Waals surface area contributed by atoms with Crippen LogP contribution in [0, 0.1) is 11.3 Å². The average molecular weight is 361 g/mol. The maximum atomic E-state index is 12.0. The number of amides is 1. The van der Waals surface area contributed by atoms with Gasteiger partial charge in [0.25, 0.3) is 5.91 Å². The highest BCUT2D eigenvalue weighted by atomic mass is 35.5. The first-order valence-electron chi connectivity index (χ1n) is 6.91. The summed E-state index contributed by atoms with van der Waals surface area (Å²) in [5.74, 6) is -1.10. The van der Waals surface area contributed by atoms with Gasteiger partial charge in [0.05, 0.1) is 10.6 Å². The van der Waals surface area contributed by atoms with Crippen molar-refractivity contribution in [1.29, 1.82) is 5.26 Å². The van der Waals surface area contributed by atoms with E-state index in [-0.39, 0.29) is 5.02 Å². The largest absolute Gasteiger partial charge is 0.449 e. The molecule has 0 radical (unpaired) electrons. The maximum absolute atomic E-state index is 12.0. The molecular weight excluding hydrogens is 348 g/mol. The fourth-order valence-corrected chi connectivity index (χ4v) is 2.58. The summed E-state index contributed by atoms with van der Waals surface area (Å²) in [6.45, 7) is 1.47. The normalized spacial score (nSPS) is 11.7. The van der Waals surface area contributed by atoms with Crippen molar-refractivity contribution in [2.75, 3.05) is 5.32 Å². The van der Waals surface area contributed by atoms with Crippen LogP contribution < -0.4 is 5.32 Å². The fourth-order valence-electron chi connectivity index (χ4n) is 1.73. The molecule has 0 saturated carbocycles. The Balaban J connectivity index is 1.91. The lowest BCUT2D eigenvalue weighted by Gasteiger charge is -2.12. The minimum Gasteiger partial charge on any atom is -0.449 e. The predicted molar refractivity (Wildman–Crippen MR) is 93.7 cm³/mol. The first-order chi connectivity index (χ1) is 11.5. The lowest BCUT2D eigenvalue weighted by Crippen LogP contribution is -2.29. The number of rotatable bonds is 5. The second-order valence-electron chi connectivity index (χ2n) is 4.76. The molecule has 7 heteroatoms. The Morgan fingerprint density at radius 2 is 2.21 bits per heavy atom. The van der Waals surface area contributed by atoms with E-state index in [2.05, 4.69) is 5.32 Å². The van der Waals surface area contributed by atoms with Crippen LogP contribution in [0.2, 0.25) is 5.02 Å². The van der Waals surface area contributed by atoms with Gasteiger partial charge in [-0.15, -0.1) is 0 Å². The van der Waals surface area contributed by atoms with Gasteiger partial charge in [0.2, 0.25) is 0 Å². The van der Waals surface area contributed by atoms with E-state index >= 15 is 0 Å². The number of ether oxygens (including phenoxy) is 1. The van der Waals surface area contributed by atoms with Crippen LogP contribution in [0.25, 0.3) is 6.08 Å².